The first kappa shape index (κ1) is 22.9. The molecular weight excluding hydrogens is 475 g/mol. The summed E-state index contributed by atoms with van der Waals surface area (Å²) in [6.07, 6.45) is 0. The smallest absolute Gasteiger partial charge is 0.0628 e. The Morgan fingerprint density at radius 3 is 1.15 bits per heavy atom. The van der Waals surface area contributed by atoms with Crippen LogP contribution in [0.1, 0.15) is 33.4 Å². The highest BCUT2D eigenvalue weighted by Crippen LogP contribution is 2.32. The summed E-state index contributed by atoms with van der Waals surface area (Å²) in [4.78, 5) is 0. The lowest BCUT2D eigenvalue weighted by Crippen LogP contribution is -2.56. The molecule has 0 N–H and O–H groups in total. The quantitative estimate of drug-likeness (QED) is 0.181. The lowest BCUT2D eigenvalue weighted by atomic mass is 9.33. The summed E-state index contributed by atoms with van der Waals surface area (Å²) in [7, 11) is 0. The maximum Gasteiger partial charge on any atom is 0.244 e. The number of halogens is 1. The van der Waals surface area contributed by atoms with Crippen molar-refractivity contribution in [3.63, 3.8) is 0 Å². The lowest BCUT2D eigenvalue weighted by molar-refractivity contribution is 1.34. The Labute approximate surface area is 212 Å². The third kappa shape index (κ3) is 3.69. The van der Waals surface area contributed by atoms with Crippen LogP contribution in [0.2, 0.25) is 0 Å². The second-order valence-electron chi connectivity index (χ2n) is 9.88. The van der Waals surface area contributed by atoms with Gasteiger partial charge in [0.05, 0.1) is 0 Å². The Morgan fingerprint density at radius 1 is 0.471 bits per heavy atom. The van der Waals surface area contributed by atoms with Crippen molar-refractivity contribution in [3.8, 4) is 0 Å². The van der Waals surface area contributed by atoms with Gasteiger partial charge in [0.25, 0.3) is 0 Å². The van der Waals surface area contributed by atoms with Gasteiger partial charge in [-0.05, 0) is 79.0 Å². The average Bonchev–Trinajstić information content (AvgIpc) is 2.78. The van der Waals surface area contributed by atoms with Gasteiger partial charge in [0.2, 0.25) is 6.71 Å². The van der Waals surface area contributed by atoms with E-state index in [9.17, 15) is 0 Å². The monoisotopic (exact) mass is 504 g/mol. The van der Waals surface area contributed by atoms with E-state index in [1.54, 1.807) is 0 Å². The van der Waals surface area contributed by atoms with Crippen LogP contribution in [-0.4, -0.2) is 6.71 Å². The maximum absolute atomic E-state index is 3.96. The van der Waals surface area contributed by atoms with Crippen LogP contribution in [0.5, 0.6) is 0 Å². The summed E-state index contributed by atoms with van der Waals surface area (Å²) in [5, 5.41) is 5.17. The number of rotatable bonds is 3. The lowest BCUT2D eigenvalue weighted by Gasteiger charge is -2.27. The van der Waals surface area contributed by atoms with Crippen LogP contribution in [0, 0.1) is 41.5 Å². The van der Waals surface area contributed by atoms with Crippen molar-refractivity contribution in [2.75, 3.05) is 0 Å². The van der Waals surface area contributed by atoms with Gasteiger partial charge in [-0.3, -0.25) is 0 Å². The fraction of sp³-hybridized carbons (Fsp3) is 0.188. The van der Waals surface area contributed by atoms with Crippen LogP contribution in [0.25, 0.3) is 21.5 Å². The van der Waals surface area contributed by atoms with Crippen molar-refractivity contribution >= 4 is 60.6 Å². The van der Waals surface area contributed by atoms with Crippen LogP contribution in [0.15, 0.2) is 77.3 Å². The van der Waals surface area contributed by atoms with Crippen LogP contribution < -0.4 is 16.4 Å². The molecule has 0 aromatic heterocycles. The summed E-state index contributed by atoms with van der Waals surface area (Å²) in [5.41, 5.74) is 12.3. The molecule has 168 valence electrons. The van der Waals surface area contributed by atoms with Gasteiger partial charge in [-0.15, -0.1) is 0 Å². The van der Waals surface area contributed by atoms with Crippen LogP contribution in [0.3, 0.4) is 0 Å². The second-order valence-corrected chi connectivity index (χ2v) is 10.7. The van der Waals surface area contributed by atoms with Crippen molar-refractivity contribution in [3.05, 3.63) is 111 Å². The highest BCUT2D eigenvalue weighted by molar-refractivity contribution is 9.10. The predicted molar refractivity (Wildman–Crippen MR) is 155 cm³/mol. The third-order valence-electron chi connectivity index (χ3n) is 7.25. The van der Waals surface area contributed by atoms with E-state index in [4.69, 9.17) is 0 Å². The number of hydrogen-bond donors (Lipinski definition) is 0. The Balaban J connectivity index is 2.03. The van der Waals surface area contributed by atoms with E-state index in [2.05, 4.69) is 130 Å². The first-order valence-corrected chi connectivity index (χ1v) is 12.8. The van der Waals surface area contributed by atoms with E-state index in [0.29, 0.717) is 0 Å². The fourth-order valence-electron chi connectivity index (χ4n) is 6.15. The molecule has 0 fully saturated rings. The third-order valence-corrected chi connectivity index (χ3v) is 8.10. The van der Waals surface area contributed by atoms with E-state index in [-0.39, 0.29) is 6.71 Å². The summed E-state index contributed by atoms with van der Waals surface area (Å²) in [5.74, 6) is 0. The minimum Gasteiger partial charge on any atom is -0.0628 e. The molecule has 0 heterocycles. The van der Waals surface area contributed by atoms with E-state index in [1.807, 2.05) is 0 Å². The van der Waals surface area contributed by atoms with Crippen molar-refractivity contribution in [1.29, 1.82) is 0 Å². The molecular formula is C32H30BBr. The topological polar surface area (TPSA) is 0 Å². The minimum absolute atomic E-state index is 0.143. The van der Waals surface area contributed by atoms with E-state index < -0.39 is 0 Å². The summed E-state index contributed by atoms with van der Waals surface area (Å²) >= 11 is 3.96. The molecule has 34 heavy (non-hydrogen) atoms. The molecule has 5 aromatic carbocycles. The summed E-state index contributed by atoms with van der Waals surface area (Å²) in [6.45, 7) is 13.7. The summed E-state index contributed by atoms with van der Waals surface area (Å²) < 4.78 is 1.18. The standard InChI is InChI=1S/C32H30BBr/c1-19-15-21(3)29(22(4)16-19)33(30-23(5)17-20(2)18-24(30)6)31-25-11-7-9-13-27(25)32(34)28-14-10-8-12-26(28)31/h7-18H,1-6H3. The van der Waals surface area contributed by atoms with Crippen LogP contribution >= 0.6 is 15.9 Å². The minimum atomic E-state index is 0.143. The maximum atomic E-state index is 3.96. The second kappa shape index (κ2) is 8.75. The van der Waals surface area contributed by atoms with Crippen molar-refractivity contribution in [2.24, 2.45) is 0 Å². The number of aryl methyl sites for hydroxylation is 6. The molecule has 0 nitrogen and oxygen atoms in total. The highest BCUT2D eigenvalue weighted by Gasteiger charge is 2.31. The number of fused-ring (bicyclic) bond motifs is 2. The fourth-order valence-corrected chi connectivity index (χ4v) is 6.84. The van der Waals surface area contributed by atoms with Gasteiger partial charge in [-0.2, -0.15) is 0 Å². The van der Waals surface area contributed by atoms with E-state index >= 15 is 0 Å². The molecule has 0 amide bonds. The molecule has 0 saturated carbocycles. The Hall–Kier alpha value is -2.84. The predicted octanol–water partition coefficient (Wildman–Crippen LogP) is 7.12. The zero-order valence-corrected chi connectivity index (χ0v) is 22.5. The van der Waals surface area contributed by atoms with Gasteiger partial charge in [0.15, 0.2) is 0 Å². The zero-order valence-electron chi connectivity index (χ0n) is 20.9. The average molecular weight is 505 g/mol. The first-order valence-electron chi connectivity index (χ1n) is 12.0. The molecule has 0 radical (unpaired) electrons. The molecule has 0 saturated heterocycles. The molecule has 0 aliphatic carbocycles. The molecule has 0 unspecified atom stereocenters. The van der Waals surface area contributed by atoms with E-state index in [1.165, 1.54) is 75.8 Å². The van der Waals surface area contributed by atoms with Crippen molar-refractivity contribution < 1.29 is 0 Å². The number of benzene rings is 5. The van der Waals surface area contributed by atoms with Crippen molar-refractivity contribution in [2.45, 2.75) is 41.5 Å². The molecule has 0 bridgehead atoms. The Kier molecular flexibility index (Phi) is 5.90. The largest absolute Gasteiger partial charge is 0.244 e. The summed E-state index contributed by atoms with van der Waals surface area (Å²) in [6, 6.07) is 27.1. The van der Waals surface area contributed by atoms with Gasteiger partial charge in [-0.1, -0.05) is 123 Å². The molecule has 5 aromatic rings. The molecule has 5 rings (SSSR count). The first-order chi connectivity index (χ1) is 16.3. The molecule has 0 spiro atoms. The van der Waals surface area contributed by atoms with Gasteiger partial charge in [0, 0.05) is 4.47 Å². The normalized spacial score (nSPS) is 11.4. The molecule has 0 atom stereocenters. The molecule has 2 heteroatoms. The van der Waals surface area contributed by atoms with Crippen LogP contribution in [-0.2, 0) is 0 Å². The van der Waals surface area contributed by atoms with Crippen LogP contribution in [0.4, 0.5) is 0 Å². The van der Waals surface area contributed by atoms with Gasteiger partial charge in [0.1, 0.15) is 0 Å². The SMILES string of the molecule is Cc1cc(C)c(B(c2c(C)cc(C)cc2C)c2c3ccccc3c(Br)c3ccccc23)c(C)c1. The van der Waals surface area contributed by atoms with E-state index in [0.717, 1.165) is 0 Å². The van der Waals surface area contributed by atoms with Crippen molar-refractivity contribution in [1.82, 2.24) is 0 Å². The van der Waals surface area contributed by atoms with Gasteiger partial charge < -0.3 is 0 Å². The highest BCUT2D eigenvalue weighted by atomic mass is 79.9. The molecule has 0 aliphatic heterocycles. The zero-order chi connectivity index (χ0) is 24.1. The molecule has 0 aliphatic rings. The Bertz CT molecular complexity index is 1420. The van der Waals surface area contributed by atoms with Gasteiger partial charge >= 0.3 is 0 Å². The number of hydrogen-bond acceptors (Lipinski definition) is 0. The Morgan fingerprint density at radius 2 is 0.794 bits per heavy atom. The van der Waals surface area contributed by atoms with Gasteiger partial charge in [-0.25, -0.2) is 0 Å².